The maximum absolute atomic E-state index is 5.70. The molecule has 0 radical (unpaired) electrons. The van der Waals surface area contributed by atoms with Crippen molar-refractivity contribution in [3.63, 3.8) is 0 Å². The van der Waals surface area contributed by atoms with Crippen molar-refractivity contribution in [3.05, 3.63) is 52.4 Å². The number of fused-ring (bicyclic) bond motifs is 1. The number of nitrogens with zero attached hydrogens (tertiary/aromatic N) is 4. The molecule has 1 aromatic carbocycles. The van der Waals surface area contributed by atoms with Crippen molar-refractivity contribution in [2.45, 2.75) is 6.04 Å². The summed E-state index contributed by atoms with van der Waals surface area (Å²) in [4.78, 5) is 4.65. The number of nitrogens with two attached hydrogens (primary N) is 1. The first kappa shape index (κ1) is 13.2. The zero-order chi connectivity index (χ0) is 14.1. The van der Waals surface area contributed by atoms with Crippen molar-refractivity contribution >= 4 is 26.8 Å². The molecule has 6 nitrogen and oxygen atoms in total. The van der Waals surface area contributed by atoms with E-state index in [9.17, 15) is 0 Å². The summed E-state index contributed by atoms with van der Waals surface area (Å²) in [6.07, 6.45) is 0. The predicted molar refractivity (Wildman–Crippen MR) is 79.6 cm³/mol. The molecule has 0 aliphatic heterocycles. The standard InChI is InChI=1S/C13H13BrN6/c1-20-12(13(14)18-19-20)11(17-15)10-7-6-8-4-2-3-5-9(8)16-10/h2-7,11,17H,15H2,1H3. The lowest BCUT2D eigenvalue weighted by atomic mass is 10.1. The van der Waals surface area contributed by atoms with Crippen LogP contribution in [0.15, 0.2) is 41.0 Å². The molecule has 0 saturated heterocycles. The Hall–Kier alpha value is -1.83. The maximum atomic E-state index is 5.70. The van der Waals surface area contributed by atoms with Gasteiger partial charge in [-0.3, -0.25) is 10.8 Å². The van der Waals surface area contributed by atoms with E-state index in [4.69, 9.17) is 5.84 Å². The van der Waals surface area contributed by atoms with Crippen LogP contribution in [0.4, 0.5) is 0 Å². The molecule has 102 valence electrons. The molecule has 1 atom stereocenters. The van der Waals surface area contributed by atoms with Gasteiger partial charge in [0.2, 0.25) is 0 Å². The first-order valence-corrected chi connectivity index (χ1v) is 6.87. The minimum Gasteiger partial charge on any atom is -0.270 e. The van der Waals surface area contributed by atoms with E-state index >= 15 is 0 Å². The molecule has 1 unspecified atom stereocenters. The number of hydrogen-bond acceptors (Lipinski definition) is 5. The van der Waals surface area contributed by atoms with Gasteiger partial charge >= 0.3 is 0 Å². The Morgan fingerprint density at radius 2 is 2.05 bits per heavy atom. The lowest BCUT2D eigenvalue weighted by Crippen LogP contribution is -2.31. The minimum atomic E-state index is -0.283. The molecule has 0 amide bonds. The fourth-order valence-corrected chi connectivity index (χ4v) is 2.75. The van der Waals surface area contributed by atoms with Crippen LogP contribution in [0.1, 0.15) is 17.4 Å². The SMILES string of the molecule is Cn1nnc(Br)c1C(NN)c1ccc2ccccc2n1. The zero-order valence-electron chi connectivity index (χ0n) is 10.8. The van der Waals surface area contributed by atoms with Crippen LogP contribution in [0.5, 0.6) is 0 Å². The van der Waals surface area contributed by atoms with Gasteiger partial charge in [0.1, 0.15) is 6.04 Å². The van der Waals surface area contributed by atoms with Crippen LogP contribution >= 0.6 is 15.9 Å². The second-order valence-corrected chi connectivity index (χ2v) is 5.17. The largest absolute Gasteiger partial charge is 0.270 e. The number of hydrazine groups is 1. The molecule has 0 bridgehead atoms. The van der Waals surface area contributed by atoms with Crippen molar-refractivity contribution in [1.82, 2.24) is 25.4 Å². The van der Waals surface area contributed by atoms with Gasteiger partial charge in [-0.25, -0.2) is 10.1 Å². The maximum Gasteiger partial charge on any atom is 0.153 e. The zero-order valence-corrected chi connectivity index (χ0v) is 12.4. The number of nitrogens with one attached hydrogen (secondary N) is 1. The van der Waals surface area contributed by atoms with E-state index in [1.165, 1.54) is 0 Å². The third-order valence-electron chi connectivity index (χ3n) is 3.18. The van der Waals surface area contributed by atoms with Crippen LogP contribution in [0.3, 0.4) is 0 Å². The van der Waals surface area contributed by atoms with E-state index in [1.54, 1.807) is 4.68 Å². The normalized spacial score (nSPS) is 12.8. The third kappa shape index (κ3) is 2.20. The molecule has 3 aromatic rings. The molecule has 7 heteroatoms. The Bertz CT molecular complexity index is 734. The summed E-state index contributed by atoms with van der Waals surface area (Å²) >= 11 is 3.39. The van der Waals surface area contributed by atoms with E-state index < -0.39 is 0 Å². The molecule has 2 heterocycles. The highest BCUT2D eigenvalue weighted by molar-refractivity contribution is 9.10. The van der Waals surface area contributed by atoms with Gasteiger partial charge in [0, 0.05) is 12.4 Å². The Morgan fingerprint density at radius 1 is 1.25 bits per heavy atom. The summed E-state index contributed by atoms with van der Waals surface area (Å²) in [5.41, 5.74) is 5.35. The number of pyridine rings is 1. The smallest absolute Gasteiger partial charge is 0.153 e. The van der Waals surface area contributed by atoms with Gasteiger partial charge < -0.3 is 0 Å². The van der Waals surface area contributed by atoms with Gasteiger partial charge in [0.05, 0.1) is 16.9 Å². The fourth-order valence-electron chi connectivity index (χ4n) is 2.19. The van der Waals surface area contributed by atoms with Gasteiger partial charge in [0.15, 0.2) is 4.60 Å². The quantitative estimate of drug-likeness (QED) is 0.563. The highest BCUT2D eigenvalue weighted by Crippen LogP contribution is 2.26. The molecule has 0 aliphatic rings. The average molecular weight is 333 g/mol. The predicted octanol–water partition coefficient (Wildman–Crippen LogP) is 1.68. The number of hydrogen-bond donors (Lipinski definition) is 2. The summed E-state index contributed by atoms with van der Waals surface area (Å²) in [6.45, 7) is 0. The Balaban J connectivity index is 2.12. The van der Waals surface area contributed by atoms with Gasteiger partial charge in [-0.05, 0) is 28.1 Å². The molecule has 20 heavy (non-hydrogen) atoms. The highest BCUT2D eigenvalue weighted by Gasteiger charge is 2.22. The lowest BCUT2D eigenvalue weighted by Gasteiger charge is -2.16. The van der Waals surface area contributed by atoms with Crippen LogP contribution in [-0.2, 0) is 7.05 Å². The monoisotopic (exact) mass is 332 g/mol. The number of aryl methyl sites for hydroxylation is 1. The third-order valence-corrected chi connectivity index (χ3v) is 3.75. The van der Waals surface area contributed by atoms with E-state index in [-0.39, 0.29) is 6.04 Å². The van der Waals surface area contributed by atoms with Crippen molar-refractivity contribution in [2.24, 2.45) is 12.9 Å². The van der Waals surface area contributed by atoms with Crippen molar-refractivity contribution < 1.29 is 0 Å². The van der Waals surface area contributed by atoms with E-state index in [0.29, 0.717) is 4.60 Å². The van der Waals surface area contributed by atoms with E-state index in [0.717, 1.165) is 22.3 Å². The first-order valence-electron chi connectivity index (χ1n) is 6.07. The van der Waals surface area contributed by atoms with Crippen LogP contribution in [0.25, 0.3) is 10.9 Å². The highest BCUT2D eigenvalue weighted by atomic mass is 79.9. The summed E-state index contributed by atoms with van der Waals surface area (Å²) in [7, 11) is 1.82. The summed E-state index contributed by atoms with van der Waals surface area (Å²) in [5, 5.41) is 9.04. The Kier molecular flexibility index (Phi) is 3.47. The lowest BCUT2D eigenvalue weighted by molar-refractivity contribution is 0.560. The molecule has 2 aromatic heterocycles. The van der Waals surface area contributed by atoms with Crippen molar-refractivity contribution in [3.8, 4) is 0 Å². The number of para-hydroxylation sites is 1. The molecule has 0 aliphatic carbocycles. The van der Waals surface area contributed by atoms with Gasteiger partial charge in [0.25, 0.3) is 0 Å². The number of benzene rings is 1. The Morgan fingerprint density at radius 3 is 2.75 bits per heavy atom. The molecule has 3 N–H and O–H groups in total. The van der Waals surface area contributed by atoms with E-state index in [1.807, 2.05) is 43.4 Å². The van der Waals surface area contributed by atoms with Crippen LogP contribution in [0.2, 0.25) is 0 Å². The molecule has 0 saturated carbocycles. The minimum absolute atomic E-state index is 0.283. The van der Waals surface area contributed by atoms with Gasteiger partial charge in [-0.2, -0.15) is 0 Å². The molecular formula is C13H13BrN6. The van der Waals surface area contributed by atoms with Gasteiger partial charge in [-0.15, -0.1) is 5.10 Å². The second kappa shape index (κ2) is 5.28. The topological polar surface area (TPSA) is 81.7 Å². The van der Waals surface area contributed by atoms with Crippen LogP contribution < -0.4 is 11.3 Å². The molecular weight excluding hydrogens is 320 g/mol. The van der Waals surface area contributed by atoms with Crippen molar-refractivity contribution in [2.75, 3.05) is 0 Å². The van der Waals surface area contributed by atoms with Crippen molar-refractivity contribution in [1.29, 1.82) is 0 Å². The summed E-state index contributed by atoms with van der Waals surface area (Å²) < 4.78 is 2.32. The summed E-state index contributed by atoms with van der Waals surface area (Å²) in [6, 6.07) is 11.7. The number of rotatable bonds is 3. The second-order valence-electron chi connectivity index (χ2n) is 4.42. The molecule has 0 spiro atoms. The number of aromatic nitrogens is 4. The Labute approximate surface area is 124 Å². The summed E-state index contributed by atoms with van der Waals surface area (Å²) in [5.74, 6) is 5.70. The van der Waals surface area contributed by atoms with Crippen LogP contribution in [-0.4, -0.2) is 20.0 Å². The first-order chi connectivity index (χ1) is 9.70. The van der Waals surface area contributed by atoms with E-state index in [2.05, 4.69) is 36.7 Å². The average Bonchev–Trinajstić information content (AvgIpc) is 2.80. The number of halogens is 1. The fraction of sp³-hybridized carbons (Fsp3) is 0.154. The van der Waals surface area contributed by atoms with Crippen LogP contribution in [0, 0.1) is 0 Å². The molecule has 0 fully saturated rings. The van der Waals surface area contributed by atoms with Gasteiger partial charge in [-0.1, -0.05) is 29.5 Å². The molecule has 3 rings (SSSR count).